The molecule has 0 saturated carbocycles. The average Bonchev–Trinajstić information content (AvgIpc) is 2.62. The number of aryl methyl sites for hydroxylation is 1. The Morgan fingerprint density at radius 3 is 2.68 bits per heavy atom. The molecule has 7 heteroatoms. The smallest absolute Gasteiger partial charge is 0.282 e. The van der Waals surface area contributed by atoms with Crippen molar-refractivity contribution in [1.82, 2.24) is 14.7 Å². The highest BCUT2D eigenvalue weighted by atomic mass is 79.9. The molecule has 3 unspecified atom stereocenters. The fourth-order valence-electron chi connectivity index (χ4n) is 3.42. The molecule has 0 amide bonds. The lowest BCUT2D eigenvalue weighted by atomic mass is 9.88. The van der Waals surface area contributed by atoms with Gasteiger partial charge in [-0.05, 0) is 52.6 Å². The van der Waals surface area contributed by atoms with E-state index in [4.69, 9.17) is 0 Å². The van der Waals surface area contributed by atoms with Crippen molar-refractivity contribution in [2.24, 2.45) is 7.05 Å². The van der Waals surface area contributed by atoms with Gasteiger partial charge in [0.15, 0.2) is 0 Å². The third kappa shape index (κ3) is 4.30. The average molecular weight is 423 g/mol. The Bertz CT molecular complexity index is 793. The predicted molar refractivity (Wildman–Crippen MR) is 109 cm³/mol. The summed E-state index contributed by atoms with van der Waals surface area (Å²) < 4.78 is 1.87. The molecule has 1 aromatic carbocycles. The quantitative estimate of drug-likeness (QED) is 0.769. The monoisotopic (exact) mass is 422 g/mol. The lowest BCUT2D eigenvalue weighted by molar-refractivity contribution is 0.235. The first-order valence-electron chi connectivity index (χ1n) is 8.43. The molecule has 1 fully saturated rings. The van der Waals surface area contributed by atoms with Crippen molar-refractivity contribution in [3.8, 4) is 0 Å². The lowest BCUT2D eigenvalue weighted by Gasteiger charge is -2.37. The number of rotatable bonds is 4. The minimum Gasteiger partial charge on any atom is -0.379 e. The molecule has 0 radical (unpaired) electrons. The van der Waals surface area contributed by atoms with E-state index in [2.05, 4.69) is 71.8 Å². The second-order valence-electron chi connectivity index (χ2n) is 6.74. The van der Waals surface area contributed by atoms with E-state index < -0.39 is 0 Å². The summed E-state index contributed by atoms with van der Waals surface area (Å²) in [5.41, 5.74) is 3.35. The van der Waals surface area contributed by atoms with Gasteiger partial charge in [0.1, 0.15) is 4.47 Å². The Balaban J connectivity index is 1.76. The van der Waals surface area contributed by atoms with Crippen molar-refractivity contribution in [3.63, 3.8) is 0 Å². The van der Waals surface area contributed by atoms with Crippen LogP contribution in [0.25, 0.3) is 0 Å². The number of aromatic nitrogens is 2. The van der Waals surface area contributed by atoms with E-state index in [1.54, 1.807) is 13.2 Å². The first-order chi connectivity index (χ1) is 12.0. The fourth-order valence-corrected chi connectivity index (χ4v) is 4.17. The van der Waals surface area contributed by atoms with Crippen LogP contribution in [0.1, 0.15) is 23.5 Å². The zero-order valence-corrected chi connectivity index (χ0v) is 17.3. The van der Waals surface area contributed by atoms with Crippen LogP contribution in [0, 0.1) is 0 Å². The summed E-state index contributed by atoms with van der Waals surface area (Å²) in [6.07, 6.45) is 3.73. The van der Waals surface area contributed by atoms with E-state index >= 15 is 0 Å². The van der Waals surface area contributed by atoms with Crippen molar-refractivity contribution in [2.75, 3.05) is 25.5 Å². The highest BCUT2D eigenvalue weighted by Crippen LogP contribution is 2.29. The topological polar surface area (TPSA) is 50.2 Å². The predicted octanol–water partition coefficient (Wildman–Crippen LogP) is 2.82. The summed E-state index contributed by atoms with van der Waals surface area (Å²) in [5.74, 6) is 0.480. The normalized spacial score (nSPS) is 21.3. The number of hydrogen-bond donors (Lipinski definition) is 1. The molecule has 1 aliphatic rings. The van der Waals surface area contributed by atoms with Gasteiger partial charge in [-0.3, -0.25) is 4.79 Å². The van der Waals surface area contributed by atoms with Gasteiger partial charge in [-0.1, -0.05) is 24.3 Å². The molecule has 3 atom stereocenters. The van der Waals surface area contributed by atoms with Crippen molar-refractivity contribution in [1.29, 1.82) is 0 Å². The Morgan fingerprint density at radius 1 is 1.28 bits per heavy atom. The number of anilines is 1. The number of likely N-dealkylation sites (tertiary alicyclic amines) is 1. The van der Waals surface area contributed by atoms with Gasteiger partial charge < -0.3 is 10.2 Å². The molecule has 0 bridgehead atoms. The number of likely N-dealkylation sites (N-methyl/N-ethyl adjacent to an activating group) is 1. The zero-order chi connectivity index (χ0) is 18.0. The van der Waals surface area contributed by atoms with Gasteiger partial charge in [-0.15, -0.1) is 9.24 Å². The number of hydrogen-bond acceptors (Lipinski definition) is 4. The number of piperidine rings is 1. The van der Waals surface area contributed by atoms with Gasteiger partial charge in [0.05, 0.1) is 11.9 Å². The third-order valence-corrected chi connectivity index (χ3v) is 6.00. The van der Waals surface area contributed by atoms with Crippen LogP contribution in [0.5, 0.6) is 0 Å². The Labute approximate surface area is 159 Å². The van der Waals surface area contributed by atoms with Crippen molar-refractivity contribution in [3.05, 3.63) is 56.4 Å². The van der Waals surface area contributed by atoms with Crippen molar-refractivity contribution < 1.29 is 0 Å². The lowest BCUT2D eigenvalue weighted by Crippen LogP contribution is -2.43. The number of halogens is 1. The van der Waals surface area contributed by atoms with E-state index in [1.165, 1.54) is 15.8 Å². The summed E-state index contributed by atoms with van der Waals surface area (Å²) in [6.45, 7) is 2.00. The van der Waals surface area contributed by atoms with Crippen molar-refractivity contribution >= 4 is 30.9 Å². The molecule has 25 heavy (non-hydrogen) atoms. The largest absolute Gasteiger partial charge is 0.379 e. The maximum atomic E-state index is 12.0. The molecule has 0 spiro atoms. The van der Waals surface area contributed by atoms with E-state index in [1.807, 2.05) is 0 Å². The SMILES string of the molecule is CN1CC(Nc2cnn(C)c(=O)c2Br)CC(c2ccc(CP)cc2)C1. The second-order valence-corrected chi connectivity index (χ2v) is 7.94. The molecule has 2 aromatic rings. The Hall–Kier alpha value is -1.23. The number of nitrogens with zero attached hydrogens (tertiary/aromatic N) is 3. The van der Waals surface area contributed by atoms with Gasteiger partial charge >= 0.3 is 0 Å². The molecule has 1 aromatic heterocycles. The van der Waals surface area contributed by atoms with E-state index in [0.29, 0.717) is 10.4 Å². The zero-order valence-electron chi connectivity index (χ0n) is 14.6. The first kappa shape index (κ1) is 18.6. The maximum absolute atomic E-state index is 12.0. The van der Waals surface area contributed by atoms with Crippen LogP contribution in [-0.2, 0) is 13.2 Å². The van der Waals surface area contributed by atoms with Crippen LogP contribution in [0.15, 0.2) is 39.7 Å². The molecule has 3 rings (SSSR count). The Kier molecular flexibility index (Phi) is 5.92. The van der Waals surface area contributed by atoms with Gasteiger partial charge in [-0.25, -0.2) is 4.68 Å². The molecule has 1 aliphatic heterocycles. The molecular weight excluding hydrogens is 399 g/mol. The Morgan fingerprint density at radius 2 is 2.00 bits per heavy atom. The molecule has 0 aliphatic carbocycles. The van der Waals surface area contributed by atoms with Crippen LogP contribution >= 0.6 is 25.2 Å². The van der Waals surface area contributed by atoms with Crippen LogP contribution in [0.2, 0.25) is 0 Å². The van der Waals surface area contributed by atoms with Crippen LogP contribution in [0.4, 0.5) is 5.69 Å². The molecule has 1 saturated heterocycles. The highest BCUT2D eigenvalue weighted by Gasteiger charge is 2.27. The highest BCUT2D eigenvalue weighted by molar-refractivity contribution is 9.10. The fraction of sp³-hybridized carbons (Fsp3) is 0.444. The van der Waals surface area contributed by atoms with Crippen LogP contribution in [-0.4, -0.2) is 40.9 Å². The summed E-state index contributed by atoms with van der Waals surface area (Å²) in [6, 6.07) is 9.18. The molecule has 1 N–H and O–H groups in total. The van der Waals surface area contributed by atoms with Crippen molar-refractivity contribution in [2.45, 2.75) is 24.5 Å². The summed E-state index contributed by atoms with van der Waals surface area (Å²) in [7, 11) is 6.57. The van der Waals surface area contributed by atoms with E-state index in [-0.39, 0.29) is 11.6 Å². The van der Waals surface area contributed by atoms with Gasteiger partial charge in [0.25, 0.3) is 5.56 Å². The third-order valence-electron chi connectivity index (χ3n) is 4.76. The summed E-state index contributed by atoms with van der Waals surface area (Å²) >= 11 is 3.40. The van der Waals surface area contributed by atoms with Crippen LogP contribution in [0.3, 0.4) is 0 Å². The maximum Gasteiger partial charge on any atom is 0.282 e. The minimum absolute atomic E-state index is 0.126. The van der Waals surface area contributed by atoms with Crippen LogP contribution < -0.4 is 10.9 Å². The molecule has 2 heterocycles. The van der Waals surface area contributed by atoms with E-state index in [9.17, 15) is 4.79 Å². The van der Waals surface area contributed by atoms with Gasteiger partial charge in [0, 0.05) is 26.2 Å². The number of benzene rings is 1. The summed E-state index contributed by atoms with van der Waals surface area (Å²) in [4.78, 5) is 14.4. The summed E-state index contributed by atoms with van der Waals surface area (Å²) in [5, 5.41) is 7.62. The standard InChI is InChI=1S/C18H24BrN4OP/c1-22-9-14(13-5-3-12(11-25)4-6-13)7-15(10-22)21-16-8-20-23(2)18(24)17(16)19/h3-6,8,14-15,21H,7,9-11,25H2,1-2H3. The molecule has 134 valence electrons. The molecule has 5 nitrogen and oxygen atoms in total. The minimum atomic E-state index is -0.126. The van der Waals surface area contributed by atoms with E-state index in [0.717, 1.165) is 31.4 Å². The molecular formula is C18H24BrN4OP. The first-order valence-corrected chi connectivity index (χ1v) is 10.0. The van der Waals surface area contributed by atoms with Gasteiger partial charge in [0.2, 0.25) is 0 Å². The second kappa shape index (κ2) is 7.98. The van der Waals surface area contributed by atoms with Gasteiger partial charge in [-0.2, -0.15) is 5.10 Å². The number of nitrogens with one attached hydrogen (secondary N) is 1.